The molecule has 1 aromatic heterocycles. The number of nitrogens with zero attached hydrogens (tertiary/aromatic N) is 1. The molecular formula is C18H18FN3O4S. The molecule has 2 aromatic rings. The first-order valence-corrected chi connectivity index (χ1v) is 9.21. The second kappa shape index (κ2) is 7.83. The number of ether oxygens (including phenoxy) is 1. The van der Waals surface area contributed by atoms with Crippen LogP contribution in [0.1, 0.15) is 35.1 Å². The van der Waals surface area contributed by atoms with E-state index in [9.17, 15) is 18.8 Å². The first-order valence-electron chi connectivity index (χ1n) is 8.39. The molecule has 7 nitrogen and oxygen atoms in total. The van der Waals surface area contributed by atoms with E-state index in [1.165, 1.54) is 19.1 Å². The Bertz CT molecular complexity index is 877. The largest absolute Gasteiger partial charge is 0.448 e. The Balaban J connectivity index is 1.62. The maximum Gasteiger partial charge on any atom is 0.351 e. The summed E-state index contributed by atoms with van der Waals surface area (Å²) in [6, 6.07) is 5.26. The van der Waals surface area contributed by atoms with Crippen LogP contribution in [0.4, 0.5) is 9.18 Å². The van der Waals surface area contributed by atoms with Crippen LogP contribution >= 0.6 is 11.3 Å². The molecule has 3 rings (SSSR count). The Kier molecular flexibility index (Phi) is 5.50. The lowest BCUT2D eigenvalue weighted by atomic mass is 10.2. The Labute approximate surface area is 158 Å². The molecule has 0 radical (unpaired) electrons. The molecule has 142 valence electrons. The number of benzene rings is 1. The van der Waals surface area contributed by atoms with Gasteiger partial charge in [0.05, 0.1) is 5.69 Å². The fraction of sp³-hybridized carbons (Fsp3) is 0.333. The maximum atomic E-state index is 13.0. The SMILES string of the molecule is Cc1nc(-c2ccc(F)cc2)sc1C(=O)O[C@@H](C)C(=O)NC(=O)NC1CC1. The van der Waals surface area contributed by atoms with Crippen molar-refractivity contribution in [3.05, 3.63) is 40.7 Å². The number of halogens is 1. The van der Waals surface area contributed by atoms with Gasteiger partial charge in [0.2, 0.25) is 0 Å². The monoisotopic (exact) mass is 391 g/mol. The van der Waals surface area contributed by atoms with Crippen molar-refractivity contribution >= 4 is 29.2 Å². The van der Waals surface area contributed by atoms with E-state index in [0.717, 1.165) is 24.2 Å². The van der Waals surface area contributed by atoms with Gasteiger partial charge in [-0.05, 0) is 51.0 Å². The van der Waals surface area contributed by atoms with Gasteiger partial charge in [-0.15, -0.1) is 11.3 Å². The van der Waals surface area contributed by atoms with Crippen LogP contribution in [0.15, 0.2) is 24.3 Å². The number of aromatic nitrogens is 1. The van der Waals surface area contributed by atoms with Gasteiger partial charge in [0.25, 0.3) is 5.91 Å². The van der Waals surface area contributed by atoms with Gasteiger partial charge in [0.1, 0.15) is 15.7 Å². The summed E-state index contributed by atoms with van der Waals surface area (Å²) in [6.07, 6.45) is 0.652. The average molecular weight is 391 g/mol. The minimum Gasteiger partial charge on any atom is -0.448 e. The quantitative estimate of drug-likeness (QED) is 0.764. The highest BCUT2D eigenvalue weighted by Gasteiger charge is 2.27. The number of rotatable bonds is 5. The topological polar surface area (TPSA) is 97.4 Å². The number of carbonyl (C=O) groups is 3. The van der Waals surface area contributed by atoms with Crippen molar-refractivity contribution in [2.24, 2.45) is 0 Å². The lowest BCUT2D eigenvalue weighted by Gasteiger charge is -2.12. The third-order valence-electron chi connectivity index (χ3n) is 3.88. The van der Waals surface area contributed by atoms with Crippen LogP contribution in [0, 0.1) is 12.7 Å². The number of hydrogen-bond acceptors (Lipinski definition) is 6. The Morgan fingerprint density at radius 2 is 1.93 bits per heavy atom. The van der Waals surface area contributed by atoms with E-state index >= 15 is 0 Å². The predicted octanol–water partition coefficient (Wildman–Crippen LogP) is 2.79. The summed E-state index contributed by atoms with van der Waals surface area (Å²) in [5.41, 5.74) is 1.12. The second-order valence-corrected chi connectivity index (χ2v) is 7.22. The van der Waals surface area contributed by atoms with Crippen molar-refractivity contribution in [3.63, 3.8) is 0 Å². The molecule has 1 aliphatic rings. The Hall–Kier alpha value is -2.81. The first kappa shape index (κ1) is 19.0. The molecule has 0 unspecified atom stereocenters. The van der Waals surface area contributed by atoms with Crippen molar-refractivity contribution < 1.29 is 23.5 Å². The number of carbonyl (C=O) groups excluding carboxylic acids is 3. The van der Waals surface area contributed by atoms with Crippen LogP contribution in [0.2, 0.25) is 0 Å². The van der Waals surface area contributed by atoms with Gasteiger partial charge in [-0.25, -0.2) is 19.0 Å². The summed E-state index contributed by atoms with van der Waals surface area (Å²) in [5, 5.41) is 5.30. The molecule has 1 fully saturated rings. The number of aryl methyl sites for hydroxylation is 1. The molecule has 2 N–H and O–H groups in total. The predicted molar refractivity (Wildman–Crippen MR) is 96.8 cm³/mol. The number of amides is 3. The van der Waals surface area contributed by atoms with Crippen LogP contribution < -0.4 is 10.6 Å². The standard InChI is InChI=1S/C18H18FN3O4S/c1-9-14(27-16(20-9)11-3-5-12(19)6-4-11)17(24)26-10(2)15(23)22-18(25)21-13-7-8-13/h3-6,10,13H,7-8H2,1-2H3,(H2,21,22,23,25)/t10-/m0/s1. The fourth-order valence-electron chi connectivity index (χ4n) is 2.23. The van der Waals surface area contributed by atoms with E-state index in [1.54, 1.807) is 19.1 Å². The molecule has 1 aliphatic carbocycles. The van der Waals surface area contributed by atoms with E-state index in [2.05, 4.69) is 15.6 Å². The van der Waals surface area contributed by atoms with Crippen LogP contribution in [0.25, 0.3) is 10.6 Å². The minimum atomic E-state index is -1.14. The first-order chi connectivity index (χ1) is 12.8. The zero-order valence-electron chi connectivity index (χ0n) is 14.7. The highest BCUT2D eigenvalue weighted by Crippen LogP contribution is 2.28. The summed E-state index contributed by atoms with van der Waals surface area (Å²) in [7, 11) is 0. The molecule has 1 aromatic carbocycles. The van der Waals surface area contributed by atoms with Crippen molar-refractivity contribution in [2.75, 3.05) is 0 Å². The highest BCUT2D eigenvalue weighted by molar-refractivity contribution is 7.17. The lowest BCUT2D eigenvalue weighted by molar-refractivity contribution is -0.127. The third-order valence-corrected chi connectivity index (χ3v) is 5.06. The van der Waals surface area contributed by atoms with Gasteiger partial charge in [-0.3, -0.25) is 10.1 Å². The molecule has 9 heteroatoms. The number of imide groups is 1. The summed E-state index contributed by atoms with van der Waals surface area (Å²) >= 11 is 1.09. The van der Waals surface area contributed by atoms with Crippen LogP contribution in [-0.2, 0) is 9.53 Å². The number of thiazole rings is 1. The Morgan fingerprint density at radius 1 is 1.26 bits per heavy atom. The van der Waals surface area contributed by atoms with E-state index in [4.69, 9.17) is 4.74 Å². The van der Waals surface area contributed by atoms with Crippen LogP contribution in [-0.4, -0.2) is 35.0 Å². The van der Waals surface area contributed by atoms with E-state index in [1.807, 2.05) is 0 Å². The molecule has 0 spiro atoms. The zero-order chi connectivity index (χ0) is 19.6. The number of nitrogens with one attached hydrogen (secondary N) is 2. The summed E-state index contributed by atoms with van der Waals surface area (Å²) in [4.78, 5) is 40.5. The molecule has 27 heavy (non-hydrogen) atoms. The van der Waals surface area contributed by atoms with E-state index in [0.29, 0.717) is 16.3 Å². The summed E-state index contributed by atoms with van der Waals surface area (Å²) < 4.78 is 18.2. The van der Waals surface area contributed by atoms with Gasteiger partial charge in [-0.2, -0.15) is 0 Å². The van der Waals surface area contributed by atoms with Gasteiger partial charge in [-0.1, -0.05) is 0 Å². The maximum absolute atomic E-state index is 13.0. The smallest absolute Gasteiger partial charge is 0.351 e. The minimum absolute atomic E-state index is 0.111. The Morgan fingerprint density at radius 3 is 2.56 bits per heavy atom. The molecule has 1 atom stereocenters. The molecule has 1 saturated carbocycles. The van der Waals surface area contributed by atoms with Crippen molar-refractivity contribution in [1.29, 1.82) is 0 Å². The van der Waals surface area contributed by atoms with Gasteiger partial charge < -0.3 is 10.1 Å². The second-order valence-electron chi connectivity index (χ2n) is 6.22. The van der Waals surface area contributed by atoms with E-state index < -0.39 is 24.0 Å². The fourth-order valence-corrected chi connectivity index (χ4v) is 3.19. The average Bonchev–Trinajstić information content (AvgIpc) is 3.34. The van der Waals surface area contributed by atoms with Gasteiger partial charge in [0.15, 0.2) is 6.10 Å². The van der Waals surface area contributed by atoms with E-state index in [-0.39, 0.29) is 16.7 Å². The number of esters is 1. The number of hydrogen-bond donors (Lipinski definition) is 2. The van der Waals surface area contributed by atoms with Crippen LogP contribution in [0.3, 0.4) is 0 Å². The lowest BCUT2D eigenvalue weighted by Crippen LogP contribution is -2.45. The zero-order valence-corrected chi connectivity index (χ0v) is 15.6. The van der Waals surface area contributed by atoms with Crippen molar-refractivity contribution in [1.82, 2.24) is 15.6 Å². The molecule has 1 heterocycles. The molecule has 3 amide bonds. The summed E-state index contributed by atoms with van der Waals surface area (Å²) in [6.45, 7) is 3.03. The molecule has 0 bridgehead atoms. The molecule has 0 saturated heterocycles. The normalized spacial score (nSPS) is 14.3. The van der Waals surface area contributed by atoms with Gasteiger partial charge >= 0.3 is 12.0 Å². The number of urea groups is 1. The third kappa shape index (κ3) is 4.88. The highest BCUT2D eigenvalue weighted by atomic mass is 32.1. The van der Waals surface area contributed by atoms with Crippen LogP contribution in [0.5, 0.6) is 0 Å². The molecule has 0 aliphatic heterocycles. The van der Waals surface area contributed by atoms with Gasteiger partial charge in [0, 0.05) is 11.6 Å². The van der Waals surface area contributed by atoms with Crippen molar-refractivity contribution in [2.45, 2.75) is 38.8 Å². The van der Waals surface area contributed by atoms with Crippen molar-refractivity contribution in [3.8, 4) is 10.6 Å². The summed E-state index contributed by atoms with van der Waals surface area (Å²) in [5.74, 6) is -1.77. The molecular weight excluding hydrogens is 373 g/mol.